The highest BCUT2D eigenvalue weighted by atomic mass is 31.0. The van der Waals surface area contributed by atoms with Crippen LogP contribution in [-0.4, -0.2) is 50.2 Å². The van der Waals surface area contributed by atoms with Crippen molar-refractivity contribution < 1.29 is 28.8 Å². The molecule has 3 unspecified atom stereocenters. The second kappa shape index (κ2) is 12.7. The van der Waals surface area contributed by atoms with Gasteiger partial charge in [-0.15, -0.1) is 18.5 Å². The lowest BCUT2D eigenvalue weighted by atomic mass is 10.1. The smallest absolute Gasteiger partial charge is 0.331 e. The van der Waals surface area contributed by atoms with Crippen LogP contribution in [0.5, 0.6) is 0 Å². The summed E-state index contributed by atoms with van der Waals surface area (Å²) < 4.78 is 17.1. The topological polar surface area (TPSA) is 63.2 Å². The van der Waals surface area contributed by atoms with Gasteiger partial charge in [-0.25, -0.2) is 14.6 Å². The predicted molar refractivity (Wildman–Crippen MR) is 138 cm³/mol. The third-order valence-electron chi connectivity index (χ3n) is 5.74. The van der Waals surface area contributed by atoms with Crippen LogP contribution in [0.25, 0.3) is 12.2 Å². The van der Waals surface area contributed by atoms with Crippen LogP contribution in [0.2, 0.25) is 0 Å². The van der Waals surface area contributed by atoms with Crippen LogP contribution in [0.15, 0.2) is 60.7 Å². The van der Waals surface area contributed by atoms with Crippen molar-refractivity contribution in [2.45, 2.75) is 36.7 Å². The largest absolute Gasteiger partial charge is 0.454 e. The highest BCUT2D eigenvalue weighted by Crippen LogP contribution is 2.30. The van der Waals surface area contributed by atoms with Crippen LogP contribution in [0.4, 0.5) is 0 Å². The Morgan fingerprint density at radius 2 is 1.41 bits per heavy atom. The molecule has 0 amide bonds. The van der Waals surface area contributed by atoms with E-state index in [9.17, 15) is 4.79 Å². The van der Waals surface area contributed by atoms with Crippen molar-refractivity contribution in [3.8, 4) is 0 Å². The molecule has 6 atom stereocenters. The summed E-state index contributed by atoms with van der Waals surface area (Å²) in [7, 11) is 5.40. The van der Waals surface area contributed by atoms with Crippen LogP contribution < -0.4 is 0 Å². The van der Waals surface area contributed by atoms with E-state index in [0.717, 1.165) is 23.5 Å². The molecule has 2 aromatic carbocycles. The first-order chi connectivity index (χ1) is 16.7. The molecule has 34 heavy (non-hydrogen) atoms. The molecule has 180 valence electrons. The second-order valence-electron chi connectivity index (χ2n) is 8.12. The fourth-order valence-corrected chi connectivity index (χ4v) is 4.39. The highest BCUT2D eigenvalue weighted by Gasteiger charge is 2.50. The second-order valence-corrected chi connectivity index (χ2v) is 8.93. The van der Waals surface area contributed by atoms with Gasteiger partial charge in [0.15, 0.2) is 6.10 Å². The van der Waals surface area contributed by atoms with E-state index in [1.54, 1.807) is 6.08 Å². The molecule has 8 heteroatoms. The molecule has 2 aromatic rings. The molecule has 0 spiro atoms. The Bertz CT molecular complexity index is 989. The summed E-state index contributed by atoms with van der Waals surface area (Å²) in [5.74, 6) is -0.426. The summed E-state index contributed by atoms with van der Waals surface area (Å²) in [5.41, 5.74) is 4.53. The number of carbonyl (C=O) groups excluding carboxylic acids is 1. The molecule has 0 bridgehead atoms. The van der Waals surface area contributed by atoms with Crippen molar-refractivity contribution in [1.82, 2.24) is 0 Å². The Morgan fingerprint density at radius 1 is 0.853 bits per heavy atom. The number of hydrogen-bond acceptors (Lipinski definition) is 6. The summed E-state index contributed by atoms with van der Waals surface area (Å²) >= 11 is 0. The summed E-state index contributed by atoms with van der Waals surface area (Å²) in [6.45, 7) is 0.895. The van der Waals surface area contributed by atoms with Gasteiger partial charge in [-0.2, -0.15) is 0 Å². The minimum atomic E-state index is -0.473. The van der Waals surface area contributed by atoms with Crippen LogP contribution in [-0.2, 0) is 41.1 Å². The monoisotopic (exact) mass is 500 g/mol. The van der Waals surface area contributed by atoms with Crippen LogP contribution in [0.3, 0.4) is 0 Å². The maximum Gasteiger partial charge on any atom is 0.331 e. The number of fused-ring (bicyclic) bond motifs is 1. The Labute approximate surface area is 205 Å². The van der Waals surface area contributed by atoms with E-state index in [0.29, 0.717) is 13.2 Å². The van der Waals surface area contributed by atoms with Gasteiger partial charge in [-0.1, -0.05) is 60.7 Å². The van der Waals surface area contributed by atoms with Gasteiger partial charge in [-0.05, 0) is 40.7 Å². The molecule has 6 nitrogen and oxygen atoms in total. The van der Waals surface area contributed by atoms with Gasteiger partial charge < -0.3 is 14.2 Å². The first-order valence-electron chi connectivity index (χ1n) is 11.3. The number of ether oxygens (including phenoxy) is 3. The van der Waals surface area contributed by atoms with Crippen LogP contribution in [0, 0.1) is 0 Å². The molecule has 2 fully saturated rings. The molecule has 2 saturated heterocycles. The fourth-order valence-electron chi connectivity index (χ4n) is 3.85. The molecule has 0 N–H and O–H groups in total. The van der Waals surface area contributed by atoms with Gasteiger partial charge in [0.2, 0.25) is 0 Å². The lowest BCUT2D eigenvalue weighted by molar-refractivity contribution is -0.326. The SMILES string of the molecule is O=C(/C=C/c1ccc(CP)cc1)OC1CO[C@@H]2[C@@H](OOC/C=C/c3ccc(CP)cc3)CO[C@H]12. The molecular formula is C26H30O6P2. The first-order valence-corrected chi connectivity index (χ1v) is 12.9. The fraction of sp³-hybridized carbons (Fsp3) is 0.346. The van der Waals surface area contributed by atoms with E-state index in [4.69, 9.17) is 24.0 Å². The zero-order chi connectivity index (χ0) is 23.8. The van der Waals surface area contributed by atoms with Gasteiger partial charge in [0.25, 0.3) is 0 Å². The lowest BCUT2D eigenvalue weighted by Crippen LogP contribution is -2.34. The van der Waals surface area contributed by atoms with Crippen molar-refractivity contribution in [2.24, 2.45) is 0 Å². The summed E-state index contributed by atoms with van der Waals surface area (Å²) in [5, 5.41) is 0. The van der Waals surface area contributed by atoms with E-state index >= 15 is 0 Å². The van der Waals surface area contributed by atoms with E-state index < -0.39 is 12.1 Å². The van der Waals surface area contributed by atoms with Gasteiger partial charge in [0.1, 0.15) is 24.9 Å². The molecular weight excluding hydrogens is 470 g/mol. The Hall–Kier alpha value is -1.91. The molecule has 4 rings (SSSR count). The van der Waals surface area contributed by atoms with Gasteiger partial charge in [0.05, 0.1) is 13.2 Å². The number of hydrogen-bond donors (Lipinski definition) is 0. The summed E-state index contributed by atoms with van der Waals surface area (Å²) in [6.07, 6.45) is 7.35. The third kappa shape index (κ3) is 6.82. The van der Waals surface area contributed by atoms with E-state index in [2.05, 4.69) is 42.7 Å². The normalized spacial score (nSPS) is 24.2. The number of rotatable bonds is 10. The molecule has 2 aliphatic heterocycles. The molecule has 2 aliphatic rings. The van der Waals surface area contributed by atoms with Crippen molar-refractivity contribution >= 4 is 36.6 Å². The van der Waals surface area contributed by atoms with E-state index in [-0.39, 0.29) is 24.9 Å². The summed E-state index contributed by atoms with van der Waals surface area (Å²) in [6, 6.07) is 16.3. The molecule has 0 saturated carbocycles. The Balaban J connectivity index is 1.18. The maximum atomic E-state index is 12.3. The molecule has 2 heterocycles. The third-order valence-corrected chi connectivity index (χ3v) is 6.68. The predicted octanol–water partition coefficient (Wildman–Crippen LogP) is 4.19. The van der Waals surface area contributed by atoms with Crippen molar-refractivity contribution in [1.29, 1.82) is 0 Å². The number of benzene rings is 2. The minimum Gasteiger partial charge on any atom is -0.454 e. The van der Waals surface area contributed by atoms with Gasteiger partial charge >= 0.3 is 5.97 Å². The van der Waals surface area contributed by atoms with E-state index in [1.807, 2.05) is 36.4 Å². The Kier molecular flexibility index (Phi) is 9.41. The first kappa shape index (κ1) is 25.2. The minimum absolute atomic E-state index is 0.268. The average Bonchev–Trinajstić information content (AvgIpc) is 3.46. The van der Waals surface area contributed by atoms with Crippen molar-refractivity contribution in [2.75, 3.05) is 19.8 Å². The summed E-state index contributed by atoms with van der Waals surface area (Å²) in [4.78, 5) is 23.1. The van der Waals surface area contributed by atoms with Crippen molar-refractivity contribution in [3.05, 3.63) is 82.9 Å². The molecule has 0 aromatic heterocycles. The quantitative estimate of drug-likeness (QED) is 0.122. The molecule has 0 radical (unpaired) electrons. The zero-order valence-electron chi connectivity index (χ0n) is 18.9. The zero-order valence-corrected chi connectivity index (χ0v) is 21.2. The van der Waals surface area contributed by atoms with Crippen LogP contribution >= 0.6 is 18.5 Å². The lowest BCUT2D eigenvalue weighted by Gasteiger charge is -2.16. The highest BCUT2D eigenvalue weighted by molar-refractivity contribution is 7.15. The average molecular weight is 500 g/mol. The van der Waals surface area contributed by atoms with Gasteiger partial charge in [-0.3, -0.25) is 0 Å². The maximum absolute atomic E-state index is 12.3. The van der Waals surface area contributed by atoms with Crippen molar-refractivity contribution in [3.63, 3.8) is 0 Å². The van der Waals surface area contributed by atoms with Gasteiger partial charge in [0, 0.05) is 6.08 Å². The Morgan fingerprint density at radius 3 is 2.03 bits per heavy atom. The molecule has 0 aliphatic carbocycles. The number of carbonyl (C=O) groups is 1. The van der Waals surface area contributed by atoms with Crippen LogP contribution in [0.1, 0.15) is 22.3 Å². The number of esters is 1. The van der Waals surface area contributed by atoms with E-state index in [1.165, 1.54) is 17.2 Å². The standard InChI is InChI=1S/C26H30O6P2/c27-24(12-11-19-5-9-21(17-34)10-6-19)31-22-14-28-26-23(15-29-25(22)26)32-30-13-1-2-18-3-7-20(16-33)8-4-18/h1-12,22-23,25-26H,13-17,33-34H2/b2-1+,12-11+/t22?,23-,25+,26+/m0/s1.